The summed E-state index contributed by atoms with van der Waals surface area (Å²) in [6.07, 6.45) is 4.14. The Balaban J connectivity index is 1.76. The van der Waals surface area contributed by atoms with Crippen molar-refractivity contribution in [1.82, 2.24) is 0 Å². The number of hydrogen-bond acceptors (Lipinski definition) is 4. The molecular weight excluding hydrogens is 282 g/mol. The molecule has 1 N–H and O–H groups in total. The van der Waals surface area contributed by atoms with E-state index in [-0.39, 0.29) is 11.9 Å². The monoisotopic (exact) mass is 303 g/mol. The van der Waals surface area contributed by atoms with E-state index in [0.717, 1.165) is 32.5 Å². The molecule has 0 aromatic heterocycles. The van der Waals surface area contributed by atoms with Crippen molar-refractivity contribution in [3.8, 4) is 0 Å². The van der Waals surface area contributed by atoms with Crippen LogP contribution in [0.15, 0.2) is 36.9 Å². The van der Waals surface area contributed by atoms with Gasteiger partial charge in [-0.2, -0.15) is 0 Å². The Labute approximate surface area is 130 Å². The average molecular weight is 303 g/mol. The molecular formula is C17H21NO4. The fraction of sp³-hybridized carbons (Fsp3) is 0.412. The highest BCUT2D eigenvalue weighted by molar-refractivity contribution is 5.99. The summed E-state index contributed by atoms with van der Waals surface area (Å²) >= 11 is 0. The molecule has 1 fully saturated rings. The van der Waals surface area contributed by atoms with Crippen LogP contribution in [0.2, 0.25) is 0 Å². The molecule has 0 aliphatic carbocycles. The van der Waals surface area contributed by atoms with Gasteiger partial charge < -0.3 is 14.8 Å². The lowest BCUT2D eigenvalue weighted by Crippen LogP contribution is -2.18. The Morgan fingerprint density at radius 3 is 2.59 bits per heavy atom. The summed E-state index contributed by atoms with van der Waals surface area (Å²) in [6.45, 7) is 5.41. The Hall–Kier alpha value is -2.14. The smallest absolute Gasteiger partial charge is 0.338 e. The topological polar surface area (TPSA) is 64.6 Å². The predicted octanol–water partition coefficient (Wildman–Crippen LogP) is 2.78. The van der Waals surface area contributed by atoms with E-state index in [1.165, 1.54) is 6.08 Å². The third kappa shape index (κ3) is 5.00. The summed E-state index contributed by atoms with van der Waals surface area (Å²) in [5.74, 6) is -0.0431. The molecule has 5 heteroatoms. The molecule has 1 heterocycles. The van der Waals surface area contributed by atoms with Crippen LogP contribution >= 0.6 is 0 Å². The Kier molecular flexibility index (Phi) is 6.15. The molecule has 0 saturated carbocycles. The van der Waals surface area contributed by atoms with Crippen molar-refractivity contribution in [2.45, 2.75) is 19.3 Å². The largest absolute Gasteiger partial charge is 0.462 e. The molecule has 118 valence electrons. The van der Waals surface area contributed by atoms with Gasteiger partial charge in [0.1, 0.15) is 0 Å². The van der Waals surface area contributed by atoms with Gasteiger partial charge in [-0.3, -0.25) is 4.79 Å². The van der Waals surface area contributed by atoms with E-state index in [4.69, 9.17) is 9.47 Å². The molecule has 1 amide bonds. The van der Waals surface area contributed by atoms with Gasteiger partial charge in [0.15, 0.2) is 0 Å². The van der Waals surface area contributed by atoms with E-state index in [0.29, 0.717) is 23.8 Å². The number of anilines is 1. The van der Waals surface area contributed by atoms with Gasteiger partial charge in [-0.05, 0) is 55.5 Å². The number of benzene rings is 1. The average Bonchev–Trinajstić information content (AvgIpc) is 2.56. The zero-order chi connectivity index (χ0) is 15.8. The maximum atomic E-state index is 11.9. The second-order valence-electron chi connectivity index (χ2n) is 5.25. The van der Waals surface area contributed by atoms with E-state index in [9.17, 15) is 9.59 Å². The van der Waals surface area contributed by atoms with Crippen LogP contribution in [-0.4, -0.2) is 31.7 Å². The number of nitrogens with one attached hydrogen (secondary N) is 1. The molecule has 1 saturated heterocycles. The van der Waals surface area contributed by atoms with Crippen molar-refractivity contribution in [2.75, 3.05) is 25.1 Å². The first-order valence-electron chi connectivity index (χ1n) is 7.47. The van der Waals surface area contributed by atoms with E-state index in [1.807, 2.05) is 0 Å². The molecule has 1 aliphatic heterocycles. The second-order valence-corrected chi connectivity index (χ2v) is 5.25. The van der Waals surface area contributed by atoms with Crippen LogP contribution in [-0.2, 0) is 14.3 Å². The number of esters is 1. The molecule has 1 aromatic rings. The van der Waals surface area contributed by atoms with Gasteiger partial charge in [-0.15, -0.1) is 0 Å². The quantitative estimate of drug-likeness (QED) is 0.648. The third-order valence-corrected chi connectivity index (χ3v) is 3.67. The predicted molar refractivity (Wildman–Crippen MR) is 83.7 cm³/mol. The maximum Gasteiger partial charge on any atom is 0.338 e. The third-order valence-electron chi connectivity index (χ3n) is 3.67. The summed E-state index contributed by atoms with van der Waals surface area (Å²) in [7, 11) is 0. The van der Waals surface area contributed by atoms with Gasteiger partial charge in [-0.25, -0.2) is 4.79 Å². The summed E-state index contributed by atoms with van der Waals surface area (Å²) in [4.78, 5) is 23.1. The molecule has 0 bridgehead atoms. The fourth-order valence-electron chi connectivity index (χ4n) is 2.32. The Morgan fingerprint density at radius 2 is 1.95 bits per heavy atom. The van der Waals surface area contributed by atoms with Crippen LogP contribution in [0, 0.1) is 5.92 Å². The van der Waals surface area contributed by atoms with Gasteiger partial charge in [0.05, 0.1) is 12.2 Å². The van der Waals surface area contributed by atoms with Gasteiger partial charge in [0, 0.05) is 18.9 Å². The molecule has 0 radical (unpaired) electrons. The lowest BCUT2D eigenvalue weighted by atomic mass is 9.97. The molecule has 1 aromatic carbocycles. The van der Waals surface area contributed by atoms with Crippen LogP contribution < -0.4 is 5.32 Å². The van der Waals surface area contributed by atoms with Crippen LogP contribution in [0.5, 0.6) is 0 Å². The molecule has 0 atom stereocenters. The minimum absolute atomic E-state index is 0.285. The molecule has 2 rings (SSSR count). The van der Waals surface area contributed by atoms with Gasteiger partial charge in [0.2, 0.25) is 5.91 Å². The lowest BCUT2D eigenvalue weighted by Gasteiger charge is -2.21. The van der Waals surface area contributed by atoms with E-state index >= 15 is 0 Å². The first-order chi connectivity index (χ1) is 10.7. The van der Waals surface area contributed by atoms with Crippen molar-refractivity contribution in [2.24, 2.45) is 5.92 Å². The van der Waals surface area contributed by atoms with Crippen LogP contribution in [0.3, 0.4) is 0 Å². The zero-order valence-corrected chi connectivity index (χ0v) is 12.5. The van der Waals surface area contributed by atoms with Crippen LogP contribution in [0.1, 0.15) is 29.6 Å². The number of carbonyl (C=O) groups excluding carboxylic acids is 2. The molecule has 5 nitrogen and oxygen atoms in total. The minimum Gasteiger partial charge on any atom is -0.462 e. The highest BCUT2D eigenvalue weighted by atomic mass is 16.5. The number of rotatable bonds is 6. The lowest BCUT2D eigenvalue weighted by molar-refractivity contribution is -0.111. The molecule has 1 aliphatic rings. The highest BCUT2D eigenvalue weighted by Gasteiger charge is 2.15. The summed E-state index contributed by atoms with van der Waals surface area (Å²) in [6, 6.07) is 6.60. The molecule has 22 heavy (non-hydrogen) atoms. The number of ether oxygens (including phenoxy) is 2. The molecule has 0 spiro atoms. The fourth-order valence-corrected chi connectivity index (χ4v) is 2.32. The van der Waals surface area contributed by atoms with Crippen LogP contribution in [0.4, 0.5) is 5.69 Å². The van der Waals surface area contributed by atoms with Crippen molar-refractivity contribution in [3.05, 3.63) is 42.5 Å². The number of hydrogen-bond donors (Lipinski definition) is 1. The Morgan fingerprint density at radius 1 is 1.27 bits per heavy atom. The van der Waals surface area contributed by atoms with E-state index in [1.54, 1.807) is 24.3 Å². The normalized spacial score (nSPS) is 15.1. The Bertz CT molecular complexity index is 518. The first-order valence-corrected chi connectivity index (χ1v) is 7.47. The van der Waals surface area contributed by atoms with Crippen molar-refractivity contribution in [1.29, 1.82) is 0 Å². The van der Waals surface area contributed by atoms with E-state index in [2.05, 4.69) is 11.9 Å². The second kappa shape index (κ2) is 8.34. The van der Waals surface area contributed by atoms with E-state index < -0.39 is 0 Å². The first kappa shape index (κ1) is 16.2. The van der Waals surface area contributed by atoms with Crippen molar-refractivity contribution in [3.63, 3.8) is 0 Å². The standard InChI is InChI=1S/C17H21NO4/c1-2-16(19)18-15-5-3-14(4-6-15)17(20)22-12-9-13-7-10-21-11-8-13/h2-6,13H,1,7-12H2,(H,18,19). The molecule has 0 unspecified atom stereocenters. The van der Waals surface area contributed by atoms with Gasteiger partial charge in [0.25, 0.3) is 0 Å². The number of carbonyl (C=O) groups is 2. The summed E-state index contributed by atoms with van der Waals surface area (Å²) < 4.78 is 10.6. The number of amides is 1. The highest BCUT2D eigenvalue weighted by Crippen LogP contribution is 2.18. The van der Waals surface area contributed by atoms with Crippen molar-refractivity contribution >= 4 is 17.6 Å². The van der Waals surface area contributed by atoms with Gasteiger partial charge >= 0.3 is 5.97 Å². The summed E-state index contributed by atoms with van der Waals surface area (Å²) in [5.41, 5.74) is 1.09. The van der Waals surface area contributed by atoms with Gasteiger partial charge in [-0.1, -0.05) is 6.58 Å². The SMILES string of the molecule is C=CC(=O)Nc1ccc(C(=O)OCCC2CCOCC2)cc1. The summed E-state index contributed by atoms with van der Waals surface area (Å²) in [5, 5.41) is 2.62. The van der Waals surface area contributed by atoms with Crippen LogP contribution in [0.25, 0.3) is 0 Å². The minimum atomic E-state index is -0.339. The zero-order valence-electron chi connectivity index (χ0n) is 12.5. The maximum absolute atomic E-state index is 11.9. The van der Waals surface area contributed by atoms with Crippen molar-refractivity contribution < 1.29 is 19.1 Å².